The molecule has 0 unspecified atom stereocenters. The molecule has 0 aromatic carbocycles. The van der Waals surface area contributed by atoms with Crippen molar-refractivity contribution < 1.29 is 32.0 Å². The van der Waals surface area contributed by atoms with Crippen molar-refractivity contribution >= 4 is 61.9 Å². The Morgan fingerprint density at radius 1 is 0.926 bits per heavy atom. The second-order valence-corrected chi connectivity index (χ2v) is 11.8. The van der Waals surface area contributed by atoms with Crippen LogP contribution in [0.2, 0.25) is 0 Å². The molecule has 2 N–H and O–H groups in total. The number of amidine groups is 1. The molecular formula is C12H22Cl3N3O7P2. The van der Waals surface area contributed by atoms with Crippen LogP contribution in [0.3, 0.4) is 0 Å². The van der Waals surface area contributed by atoms with Crippen molar-refractivity contribution in [2.24, 2.45) is 4.99 Å². The number of hydrogen-bond donors (Lipinski definition) is 2. The topological polar surface area (TPSA) is 125 Å². The van der Waals surface area contributed by atoms with Gasteiger partial charge in [-0.1, -0.05) is 34.8 Å². The molecule has 27 heavy (non-hydrogen) atoms. The molecule has 1 aliphatic heterocycles. The number of amides is 2. The first-order chi connectivity index (χ1) is 12.4. The first-order valence-electron chi connectivity index (χ1n) is 7.99. The van der Waals surface area contributed by atoms with E-state index in [0.29, 0.717) is 0 Å². The van der Waals surface area contributed by atoms with E-state index in [9.17, 15) is 13.9 Å². The smallest absolute Gasteiger partial charge is 0.305 e. The minimum Gasteiger partial charge on any atom is -0.305 e. The highest BCUT2D eigenvalue weighted by molar-refractivity contribution is 7.74. The average Bonchev–Trinajstić information content (AvgIpc) is 2.54. The molecule has 158 valence electrons. The van der Waals surface area contributed by atoms with Gasteiger partial charge in [-0.25, -0.2) is 9.79 Å². The summed E-state index contributed by atoms with van der Waals surface area (Å²) in [5.41, 5.74) is 0. The van der Waals surface area contributed by atoms with Gasteiger partial charge in [-0.3, -0.25) is 19.8 Å². The lowest BCUT2D eigenvalue weighted by Gasteiger charge is -2.42. The van der Waals surface area contributed by atoms with E-state index in [-0.39, 0.29) is 26.4 Å². The second-order valence-electron chi connectivity index (χ2n) is 4.84. The van der Waals surface area contributed by atoms with Crippen molar-refractivity contribution in [3.8, 4) is 0 Å². The highest BCUT2D eigenvalue weighted by atomic mass is 35.6. The highest BCUT2D eigenvalue weighted by Gasteiger charge is 2.69. The van der Waals surface area contributed by atoms with Crippen LogP contribution in [0.1, 0.15) is 27.7 Å². The van der Waals surface area contributed by atoms with Crippen molar-refractivity contribution in [3.63, 3.8) is 0 Å². The van der Waals surface area contributed by atoms with Gasteiger partial charge in [-0.05, 0) is 27.7 Å². The lowest BCUT2D eigenvalue weighted by Crippen LogP contribution is -2.60. The number of alkyl halides is 3. The monoisotopic (exact) mass is 487 g/mol. The predicted molar refractivity (Wildman–Crippen MR) is 104 cm³/mol. The van der Waals surface area contributed by atoms with Gasteiger partial charge in [-0.15, -0.1) is 0 Å². The minimum atomic E-state index is -4.50. The zero-order valence-electron chi connectivity index (χ0n) is 15.2. The summed E-state index contributed by atoms with van der Waals surface area (Å²) in [7, 11) is -9.00. The number of urea groups is 1. The molecule has 1 aliphatic rings. The van der Waals surface area contributed by atoms with Crippen molar-refractivity contribution in [1.82, 2.24) is 10.6 Å². The molecule has 15 heteroatoms. The van der Waals surface area contributed by atoms with E-state index in [4.69, 9.17) is 52.9 Å². The summed E-state index contributed by atoms with van der Waals surface area (Å²) in [6, 6.07) is -1.01. The van der Waals surface area contributed by atoms with E-state index >= 15 is 0 Å². The summed E-state index contributed by atoms with van der Waals surface area (Å²) < 4.78 is 46.2. The summed E-state index contributed by atoms with van der Waals surface area (Å²) in [4.78, 5) is 16.3. The van der Waals surface area contributed by atoms with Crippen LogP contribution in [0, 0.1) is 0 Å². The van der Waals surface area contributed by atoms with Crippen molar-refractivity contribution in [3.05, 3.63) is 0 Å². The van der Waals surface area contributed by atoms with Crippen LogP contribution in [0.25, 0.3) is 0 Å². The van der Waals surface area contributed by atoms with Gasteiger partial charge in [-0.2, -0.15) is 0 Å². The predicted octanol–water partition coefficient (Wildman–Crippen LogP) is 4.21. The third-order valence-corrected chi connectivity index (χ3v) is 9.36. The zero-order valence-corrected chi connectivity index (χ0v) is 19.2. The number of halogens is 3. The van der Waals surface area contributed by atoms with Gasteiger partial charge in [0.15, 0.2) is 5.84 Å². The fourth-order valence-corrected chi connectivity index (χ4v) is 7.47. The number of nitrogens with one attached hydrogen (secondary N) is 2. The molecule has 1 rings (SSSR count). The molecule has 0 aliphatic carbocycles. The molecule has 0 saturated heterocycles. The molecule has 0 aromatic heterocycles. The van der Waals surface area contributed by atoms with Gasteiger partial charge >= 0.3 is 26.4 Å². The van der Waals surface area contributed by atoms with Gasteiger partial charge in [0, 0.05) is 0 Å². The Kier molecular flexibility index (Phi) is 9.07. The molecule has 0 fully saturated rings. The van der Waals surface area contributed by atoms with Crippen LogP contribution in [-0.2, 0) is 27.2 Å². The Morgan fingerprint density at radius 2 is 1.30 bits per heavy atom. The minimum absolute atomic E-state index is 0.126. The summed E-state index contributed by atoms with van der Waals surface area (Å²) in [5, 5.41) is 1.76. The summed E-state index contributed by atoms with van der Waals surface area (Å²) >= 11 is 17.5. The number of carbonyl (C=O) groups excluding carboxylic acids is 1. The molecule has 2 amide bonds. The first kappa shape index (κ1) is 25.1. The maximum absolute atomic E-state index is 13.6. The van der Waals surface area contributed by atoms with Crippen LogP contribution in [-0.4, -0.2) is 47.2 Å². The lowest BCUT2D eigenvalue weighted by atomic mass is 10.6. The Balaban J connectivity index is 3.88. The standard InChI is InChI=1S/C12H22Cl3N3O7P2/c1-5-22-26(20,23-6-2)12(27(21,24-7-3)25-8-4)17-9(11(13,14)15)16-10(19)18-12/h5-8H2,1-4H3,(H2,16,17,18,19). The van der Waals surface area contributed by atoms with Gasteiger partial charge in [0.05, 0.1) is 26.4 Å². The van der Waals surface area contributed by atoms with E-state index < -0.39 is 36.0 Å². The van der Waals surface area contributed by atoms with Crippen LogP contribution in [0.15, 0.2) is 4.99 Å². The van der Waals surface area contributed by atoms with Crippen LogP contribution in [0.4, 0.5) is 4.79 Å². The number of rotatable bonds is 10. The van der Waals surface area contributed by atoms with Gasteiger partial charge in [0.1, 0.15) is 0 Å². The van der Waals surface area contributed by atoms with Crippen LogP contribution < -0.4 is 10.6 Å². The summed E-state index contributed by atoms with van der Waals surface area (Å²) in [6.45, 7) is 5.58. The summed E-state index contributed by atoms with van der Waals surface area (Å²) in [5.74, 6) is -0.546. The molecule has 1 heterocycles. The largest absolute Gasteiger partial charge is 0.391 e. The molecule has 0 bridgehead atoms. The number of nitrogens with zero attached hydrogens (tertiary/aromatic N) is 1. The van der Waals surface area contributed by atoms with Crippen molar-refractivity contribution in [2.75, 3.05) is 26.4 Å². The number of carbonyl (C=O) groups is 1. The van der Waals surface area contributed by atoms with Crippen LogP contribution >= 0.6 is 50.0 Å². The van der Waals surface area contributed by atoms with Crippen molar-refractivity contribution in [2.45, 2.75) is 36.6 Å². The molecule has 0 aromatic rings. The Labute approximate surface area is 172 Å². The summed E-state index contributed by atoms with van der Waals surface area (Å²) in [6.07, 6.45) is 0. The van der Waals surface area contributed by atoms with Gasteiger partial charge in [0.25, 0.3) is 0 Å². The van der Waals surface area contributed by atoms with E-state index in [1.807, 2.05) is 0 Å². The Morgan fingerprint density at radius 3 is 1.59 bits per heavy atom. The quantitative estimate of drug-likeness (QED) is 0.348. The highest BCUT2D eigenvalue weighted by Crippen LogP contribution is 2.77. The second kappa shape index (κ2) is 9.74. The SMILES string of the molecule is CCOP(=O)(OCC)C1(P(=O)(OCC)OCC)N=C(C(Cl)(Cl)Cl)NC(=O)N1. The fraction of sp³-hybridized carbons (Fsp3) is 0.833. The Bertz CT molecular complexity index is 621. The third kappa shape index (κ3) is 5.18. The maximum atomic E-state index is 13.6. The molecule has 0 spiro atoms. The normalized spacial score (nSPS) is 17.9. The lowest BCUT2D eigenvalue weighted by molar-refractivity contribution is 0.167. The molecule has 0 atom stereocenters. The maximum Gasteiger partial charge on any atom is 0.391 e. The van der Waals surface area contributed by atoms with Gasteiger partial charge in [0.2, 0.25) is 3.79 Å². The fourth-order valence-electron chi connectivity index (χ4n) is 2.16. The molecule has 0 radical (unpaired) electrons. The molecule has 10 nitrogen and oxygen atoms in total. The van der Waals surface area contributed by atoms with E-state index in [0.717, 1.165) is 0 Å². The molecule has 0 saturated carbocycles. The Hall–Kier alpha value is 0.110. The van der Waals surface area contributed by atoms with Gasteiger partial charge < -0.3 is 18.1 Å². The first-order valence-corrected chi connectivity index (χ1v) is 12.2. The van der Waals surface area contributed by atoms with E-state index in [2.05, 4.69) is 15.6 Å². The number of aliphatic imine (C=N–C) groups is 1. The van der Waals surface area contributed by atoms with Crippen molar-refractivity contribution in [1.29, 1.82) is 0 Å². The number of hydrogen-bond acceptors (Lipinski definition) is 8. The molecular weight excluding hydrogens is 466 g/mol. The van der Waals surface area contributed by atoms with E-state index in [1.54, 1.807) is 0 Å². The average molecular weight is 489 g/mol. The van der Waals surface area contributed by atoms with E-state index in [1.165, 1.54) is 27.7 Å². The zero-order chi connectivity index (χ0) is 20.9. The van der Waals surface area contributed by atoms with Crippen LogP contribution in [0.5, 0.6) is 0 Å². The third-order valence-electron chi connectivity index (χ3n) is 3.01.